The molecule has 11 nitrogen and oxygen atoms in total. The zero-order valence-electron chi connectivity index (χ0n) is 22.6. The topological polar surface area (TPSA) is 153 Å². The Bertz CT molecular complexity index is 494. The number of carbonyl (C=O) groups excluding carboxylic acids is 2. The van der Waals surface area contributed by atoms with Crippen LogP contribution >= 0.6 is 0 Å². The summed E-state index contributed by atoms with van der Waals surface area (Å²) in [6, 6.07) is 0.128. The van der Waals surface area contributed by atoms with Gasteiger partial charge in [0, 0.05) is 58.9 Å². The summed E-state index contributed by atoms with van der Waals surface area (Å²) >= 11 is 0. The lowest BCUT2D eigenvalue weighted by Gasteiger charge is -2.15. The molecule has 0 aromatic carbocycles. The van der Waals surface area contributed by atoms with E-state index in [0.717, 1.165) is 117 Å². The van der Waals surface area contributed by atoms with Crippen LogP contribution in [0.15, 0.2) is 0 Å². The number of urea groups is 2. The summed E-state index contributed by atoms with van der Waals surface area (Å²) in [5, 5.41) is 15.7. The van der Waals surface area contributed by atoms with Gasteiger partial charge in [-0.15, -0.1) is 0 Å². The summed E-state index contributed by atoms with van der Waals surface area (Å²) in [7, 11) is 0. The summed E-state index contributed by atoms with van der Waals surface area (Å²) in [6.07, 6.45) is 10.8. The minimum Gasteiger partial charge on any atom is -0.336 e. The lowest BCUT2D eigenvalue weighted by molar-refractivity contribution is 0.215. The smallest absolute Gasteiger partial charge is 0.317 e. The maximum absolute atomic E-state index is 11.3. The number of nitrogens with one attached hydrogen (secondary N) is 5. The standard InChI is InChI=1S/C13H25N5O2.C12H30N4/c19-12-15-6-10-17(12)8-3-1-2-4-14-5-9-18-11-7-16-13(18)20;13-7-3-1-4-9-15-10-5-2-6-11-16-12-8-14/h14H,1-11H2,(H,15,19)(H,16,20);15-16H,1-14H2. The zero-order chi connectivity index (χ0) is 26.1. The van der Waals surface area contributed by atoms with Crippen molar-refractivity contribution < 1.29 is 9.59 Å². The predicted molar refractivity (Wildman–Crippen MR) is 148 cm³/mol. The second-order valence-corrected chi connectivity index (χ2v) is 9.45. The van der Waals surface area contributed by atoms with Gasteiger partial charge in [0.1, 0.15) is 0 Å². The summed E-state index contributed by atoms with van der Waals surface area (Å²) < 4.78 is 0. The Kier molecular flexibility index (Phi) is 21.3. The van der Waals surface area contributed by atoms with Crippen LogP contribution in [0, 0.1) is 0 Å². The van der Waals surface area contributed by atoms with Crippen LogP contribution in [0.3, 0.4) is 0 Å². The molecule has 2 fully saturated rings. The van der Waals surface area contributed by atoms with E-state index >= 15 is 0 Å². The van der Waals surface area contributed by atoms with Crippen molar-refractivity contribution >= 4 is 12.1 Å². The zero-order valence-corrected chi connectivity index (χ0v) is 22.6. The van der Waals surface area contributed by atoms with Crippen LogP contribution in [0.4, 0.5) is 9.59 Å². The van der Waals surface area contributed by atoms with Crippen LogP contribution in [-0.4, -0.2) is 113 Å². The van der Waals surface area contributed by atoms with Gasteiger partial charge in [0.15, 0.2) is 0 Å². The number of rotatable bonds is 22. The molecule has 36 heavy (non-hydrogen) atoms. The van der Waals surface area contributed by atoms with Crippen molar-refractivity contribution in [1.82, 2.24) is 36.4 Å². The highest BCUT2D eigenvalue weighted by Gasteiger charge is 2.18. The predicted octanol–water partition coefficient (Wildman–Crippen LogP) is 0.220. The van der Waals surface area contributed by atoms with Gasteiger partial charge in [-0.1, -0.05) is 19.3 Å². The molecule has 0 aromatic rings. The molecule has 212 valence electrons. The normalized spacial score (nSPS) is 15.2. The van der Waals surface area contributed by atoms with E-state index in [4.69, 9.17) is 11.5 Å². The van der Waals surface area contributed by atoms with Crippen LogP contribution in [0.2, 0.25) is 0 Å². The molecule has 2 aliphatic heterocycles. The van der Waals surface area contributed by atoms with E-state index in [9.17, 15) is 9.59 Å². The fourth-order valence-electron chi connectivity index (χ4n) is 4.12. The average molecular weight is 514 g/mol. The molecule has 0 unspecified atom stereocenters. The van der Waals surface area contributed by atoms with E-state index in [1.807, 2.05) is 9.80 Å². The summed E-state index contributed by atoms with van der Waals surface area (Å²) in [5.74, 6) is 0. The van der Waals surface area contributed by atoms with Crippen molar-refractivity contribution in [1.29, 1.82) is 0 Å². The lowest BCUT2D eigenvalue weighted by atomic mass is 10.2. The fraction of sp³-hybridized carbons (Fsp3) is 0.920. The minimum absolute atomic E-state index is 0.0516. The van der Waals surface area contributed by atoms with Gasteiger partial charge in [-0.2, -0.15) is 0 Å². The first kappa shape index (κ1) is 32.4. The van der Waals surface area contributed by atoms with Crippen LogP contribution in [0.1, 0.15) is 57.8 Å². The Balaban J connectivity index is 0.000000371. The molecule has 11 heteroatoms. The Morgan fingerprint density at radius 1 is 0.556 bits per heavy atom. The highest BCUT2D eigenvalue weighted by molar-refractivity contribution is 5.76. The van der Waals surface area contributed by atoms with E-state index < -0.39 is 0 Å². The average Bonchev–Trinajstić information content (AvgIpc) is 3.49. The Hall–Kier alpha value is -1.66. The fourth-order valence-corrected chi connectivity index (χ4v) is 4.12. The van der Waals surface area contributed by atoms with Gasteiger partial charge in [-0.05, 0) is 71.2 Å². The largest absolute Gasteiger partial charge is 0.336 e. The number of nitrogens with zero attached hydrogens (tertiary/aromatic N) is 2. The summed E-state index contributed by atoms with van der Waals surface area (Å²) in [4.78, 5) is 26.3. The molecule has 0 aromatic heterocycles. The quantitative estimate of drug-likeness (QED) is 0.102. The molecular formula is C25H55N9O2. The second-order valence-electron chi connectivity index (χ2n) is 9.45. The van der Waals surface area contributed by atoms with Crippen LogP contribution < -0.4 is 38.1 Å². The molecule has 0 bridgehead atoms. The third-order valence-corrected chi connectivity index (χ3v) is 6.32. The monoisotopic (exact) mass is 513 g/mol. The second kappa shape index (κ2) is 23.7. The molecule has 4 amide bonds. The van der Waals surface area contributed by atoms with Gasteiger partial charge in [-0.25, -0.2) is 9.59 Å². The maximum Gasteiger partial charge on any atom is 0.317 e. The van der Waals surface area contributed by atoms with E-state index in [1.165, 1.54) is 32.1 Å². The third-order valence-electron chi connectivity index (χ3n) is 6.32. The molecule has 2 rings (SSSR count). The van der Waals surface area contributed by atoms with Gasteiger partial charge in [-0.3, -0.25) is 0 Å². The number of unbranched alkanes of at least 4 members (excludes halogenated alkanes) is 6. The van der Waals surface area contributed by atoms with Crippen molar-refractivity contribution in [2.75, 3.05) is 91.6 Å². The molecule has 2 aliphatic rings. The SMILES string of the molecule is NCCCCCNCCCCCNCCN.O=C1NCCN1CCCCCNCCN1CCNC1=O. The first-order valence-corrected chi connectivity index (χ1v) is 14.3. The molecule has 2 saturated heterocycles. The van der Waals surface area contributed by atoms with Crippen molar-refractivity contribution in [3.05, 3.63) is 0 Å². The van der Waals surface area contributed by atoms with E-state index in [2.05, 4.69) is 26.6 Å². The molecule has 0 aliphatic carbocycles. The van der Waals surface area contributed by atoms with Crippen molar-refractivity contribution in [3.8, 4) is 0 Å². The summed E-state index contributed by atoms with van der Waals surface area (Å²) in [6.45, 7) is 12.6. The van der Waals surface area contributed by atoms with Crippen LogP contribution in [0.5, 0.6) is 0 Å². The maximum atomic E-state index is 11.3. The van der Waals surface area contributed by atoms with Gasteiger partial charge in [0.25, 0.3) is 0 Å². The van der Waals surface area contributed by atoms with E-state index in [1.54, 1.807) is 0 Å². The van der Waals surface area contributed by atoms with Crippen molar-refractivity contribution in [3.63, 3.8) is 0 Å². The molecule has 0 atom stereocenters. The Morgan fingerprint density at radius 2 is 1.03 bits per heavy atom. The lowest BCUT2D eigenvalue weighted by Crippen LogP contribution is -2.35. The van der Waals surface area contributed by atoms with Crippen molar-refractivity contribution in [2.24, 2.45) is 11.5 Å². The Morgan fingerprint density at radius 3 is 1.53 bits per heavy atom. The first-order chi connectivity index (χ1) is 17.7. The number of amides is 4. The molecule has 2 heterocycles. The highest BCUT2D eigenvalue weighted by Crippen LogP contribution is 2.02. The van der Waals surface area contributed by atoms with Crippen LogP contribution in [-0.2, 0) is 0 Å². The molecule has 0 saturated carbocycles. The van der Waals surface area contributed by atoms with Gasteiger partial charge < -0.3 is 47.9 Å². The number of carbonyl (C=O) groups is 2. The first-order valence-electron chi connectivity index (χ1n) is 14.3. The van der Waals surface area contributed by atoms with Crippen LogP contribution in [0.25, 0.3) is 0 Å². The number of nitrogens with two attached hydrogens (primary N) is 2. The van der Waals surface area contributed by atoms with Gasteiger partial charge in [0.2, 0.25) is 0 Å². The highest BCUT2D eigenvalue weighted by atomic mass is 16.2. The third kappa shape index (κ3) is 17.7. The molecule has 0 radical (unpaired) electrons. The Labute approximate surface area is 219 Å². The number of hydrogen-bond acceptors (Lipinski definition) is 7. The molecule has 9 N–H and O–H groups in total. The van der Waals surface area contributed by atoms with E-state index in [-0.39, 0.29) is 12.1 Å². The van der Waals surface area contributed by atoms with Gasteiger partial charge >= 0.3 is 12.1 Å². The van der Waals surface area contributed by atoms with Gasteiger partial charge in [0.05, 0.1) is 0 Å². The molecular weight excluding hydrogens is 458 g/mol. The minimum atomic E-state index is 0.0516. The summed E-state index contributed by atoms with van der Waals surface area (Å²) in [5.41, 5.74) is 10.8. The van der Waals surface area contributed by atoms with E-state index in [0.29, 0.717) is 0 Å². The number of hydrogen-bond donors (Lipinski definition) is 7. The molecule has 0 spiro atoms. The van der Waals surface area contributed by atoms with Crippen molar-refractivity contribution in [2.45, 2.75) is 57.8 Å².